The molecular weight excluding hydrogens is 268 g/mol. The second-order valence-corrected chi connectivity index (χ2v) is 8.19. The fourth-order valence-corrected chi connectivity index (χ4v) is 5.01. The van der Waals surface area contributed by atoms with Crippen molar-refractivity contribution in [1.82, 2.24) is 0 Å². The molecule has 0 aromatic rings. The first kappa shape index (κ1) is 18.3. The SMILES string of the molecule is CC[N+]1(CCCCCCCC[N+]2(CC)CCCC2)CCCC1. The van der Waals surface area contributed by atoms with Crippen LogP contribution in [0.5, 0.6) is 0 Å². The van der Waals surface area contributed by atoms with Gasteiger partial charge in [0.25, 0.3) is 0 Å². The van der Waals surface area contributed by atoms with E-state index in [-0.39, 0.29) is 0 Å². The van der Waals surface area contributed by atoms with Gasteiger partial charge < -0.3 is 8.97 Å². The third-order valence-corrected chi connectivity index (χ3v) is 6.89. The summed E-state index contributed by atoms with van der Waals surface area (Å²) < 4.78 is 2.88. The standard InChI is InChI=1S/C20H42N2/c1-3-21(17-11-12-18-21)15-9-7-5-6-8-10-16-22(4-2)19-13-14-20-22/h3-20H2,1-2H3/q+2. The van der Waals surface area contributed by atoms with Crippen LogP contribution in [0.15, 0.2) is 0 Å². The topological polar surface area (TPSA) is 0 Å². The van der Waals surface area contributed by atoms with Crippen LogP contribution in [0.1, 0.15) is 78.1 Å². The molecule has 0 spiro atoms. The summed E-state index contributed by atoms with van der Waals surface area (Å²) in [6, 6.07) is 0. The first-order valence-electron chi connectivity index (χ1n) is 10.4. The predicted octanol–water partition coefficient (Wildman–Crippen LogP) is 4.59. The molecule has 2 aliphatic rings. The van der Waals surface area contributed by atoms with E-state index in [1.807, 2.05) is 0 Å². The first-order chi connectivity index (χ1) is 10.7. The number of unbranched alkanes of at least 4 members (excludes halogenated alkanes) is 5. The van der Waals surface area contributed by atoms with Gasteiger partial charge in [-0.1, -0.05) is 12.8 Å². The van der Waals surface area contributed by atoms with E-state index in [4.69, 9.17) is 0 Å². The van der Waals surface area contributed by atoms with E-state index in [9.17, 15) is 0 Å². The van der Waals surface area contributed by atoms with Gasteiger partial charge >= 0.3 is 0 Å². The van der Waals surface area contributed by atoms with E-state index in [0.29, 0.717) is 0 Å². The lowest BCUT2D eigenvalue weighted by atomic mass is 10.1. The van der Waals surface area contributed by atoms with Crippen molar-refractivity contribution in [3.05, 3.63) is 0 Å². The summed E-state index contributed by atoms with van der Waals surface area (Å²) in [6.45, 7) is 16.3. The van der Waals surface area contributed by atoms with Gasteiger partial charge in [-0.05, 0) is 39.5 Å². The van der Waals surface area contributed by atoms with Gasteiger partial charge in [-0.3, -0.25) is 0 Å². The van der Waals surface area contributed by atoms with Crippen molar-refractivity contribution in [1.29, 1.82) is 0 Å². The second kappa shape index (κ2) is 9.27. The Morgan fingerprint density at radius 3 is 1.14 bits per heavy atom. The van der Waals surface area contributed by atoms with E-state index < -0.39 is 0 Å². The minimum Gasteiger partial charge on any atom is -0.324 e. The highest BCUT2D eigenvalue weighted by Crippen LogP contribution is 2.22. The van der Waals surface area contributed by atoms with E-state index in [1.54, 1.807) is 0 Å². The van der Waals surface area contributed by atoms with Crippen molar-refractivity contribution in [2.75, 3.05) is 52.4 Å². The summed E-state index contributed by atoms with van der Waals surface area (Å²) in [5, 5.41) is 0. The zero-order valence-electron chi connectivity index (χ0n) is 15.6. The van der Waals surface area contributed by atoms with E-state index in [0.717, 1.165) is 0 Å². The highest BCUT2D eigenvalue weighted by Gasteiger charge is 2.29. The Morgan fingerprint density at radius 1 is 0.500 bits per heavy atom. The molecular formula is C20H42N2+2. The maximum atomic E-state index is 2.40. The zero-order valence-corrected chi connectivity index (χ0v) is 15.6. The van der Waals surface area contributed by atoms with Crippen LogP contribution in [0, 0.1) is 0 Å². The molecule has 22 heavy (non-hydrogen) atoms. The van der Waals surface area contributed by atoms with Crippen molar-refractivity contribution in [2.45, 2.75) is 78.1 Å². The van der Waals surface area contributed by atoms with Crippen LogP contribution in [-0.4, -0.2) is 61.3 Å². The molecule has 0 bridgehead atoms. The van der Waals surface area contributed by atoms with Crippen LogP contribution < -0.4 is 0 Å². The van der Waals surface area contributed by atoms with Gasteiger partial charge in [-0.15, -0.1) is 0 Å². The predicted molar refractivity (Wildman–Crippen MR) is 97.0 cm³/mol. The summed E-state index contributed by atoms with van der Waals surface area (Å²) in [5.74, 6) is 0. The molecule has 2 saturated heterocycles. The van der Waals surface area contributed by atoms with Gasteiger partial charge in [0.1, 0.15) is 0 Å². The smallest absolute Gasteiger partial charge is 0.0788 e. The molecule has 0 saturated carbocycles. The molecule has 0 aromatic carbocycles. The van der Waals surface area contributed by atoms with Gasteiger partial charge in [-0.2, -0.15) is 0 Å². The van der Waals surface area contributed by atoms with E-state index in [1.165, 1.54) is 126 Å². The highest BCUT2D eigenvalue weighted by molar-refractivity contribution is 4.56. The summed E-state index contributed by atoms with van der Waals surface area (Å²) >= 11 is 0. The van der Waals surface area contributed by atoms with Crippen LogP contribution in [0.25, 0.3) is 0 Å². The highest BCUT2D eigenvalue weighted by atomic mass is 15.4. The zero-order chi connectivity index (χ0) is 15.7. The Hall–Kier alpha value is -0.0800. The van der Waals surface area contributed by atoms with Gasteiger partial charge in [-0.25, -0.2) is 0 Å². The molecule has 2 heterocycles. The fourth-order valence-electron chi connectivity index (χ4n) is 5.01. The molecule has 2 aliphatic heterocycles. The number of likely N-dealkylation sites (tertiary alicyclic amines) is 2. The first-order valence-corrected chi connectivity index (χ1v) is 10.4. The summed E-state index contributed by atoms with van der Waals surface area (Å²) in [4.78, 5) is 0. The molecule has 0 radical (unpaired) electrons. The second-order valence-electron chi connectivity index (χ2n) is 8.19. The molecule has 0 N–H and O–H groups in total. The average Bonchev–Trinajstić information content (AvgIpc) is 3.20. The Morgan fingerprint density at radius 2 is 0.818 bits per heavy atom. The molecule has 0 amide bonds. The maximum absolute atomic E-state index is 2.40. The number of rotatable bonds is 11. The van der Waals surface area contributed by atoms with Crippen LogP contribution in [0.3, 0.4) is 0 Å². The number of quaternary nitrogens is 2. The van der Waals surface area contributed by atoms with Crippen LogP contribution in [-0.2, 0) is 0 Å². The van der Waals surface area contributed by atoms with Crippen molar-refractivity contribution in [3.8, 4) is 0 Å². The quantitative estimate of drug-likeness (QED) is 0.387. The molecule has 0 unspecified atom stereocenters. The van der Waals surface area contributed by atoms with Crippen LogP contribution in [0.2, 0.25) is 0 Å². The number of nitrogens with zero attached hydrogens (tertiary/aromatic N) is 2. The molecule has 2 fully saturated rings. The fraction of sp³-hybridized carbons (Fsp3) is 1.00. The third-order valence-electron chi connectivity index (χ3n) is 6.89. The van der Waals surface area contributed by atoms with Crippen molar-refractivity contribution < 1.29 is 8.97 Å². The van der Waals surface area contributed by atoms with E-state index in [2.05, 4.69) is 13.8 Å². The summed E-state index contributed by atoms with van der Waals surface area (Å²) in [5.41, 5.74) is 0. The third kappa shape index (κ3) is 5.23. The Kier molecular flexibility index (Phi) is 7.70. The Balaban J connectivity index is 1.46. The minimum absolute atomic E-state index is 1.37. The van der Waals surface area contributed by atoms with E-state index >= 15 is 0 Å². The largest absolute Gasteiger partial charge is 0.324 e. The van der Waals surface area contributed by atoms with Crippen molar-refractivity contribution in [3.63, 3.8) is 0 Å². The molecule has 2 rings (SSSR count). The van der Waals surface area contributed by atoms with Crippen molar-refractivity contribution >= 4 is 0 Å². The maximum Gasteiger partial charge on any atom is 0.0788 e. The Bertz CT molecular complexity index is 258. The molecule has 2 heteroatoms. The monoisotopic (exact) mass is 310 g/mol. The molecule has 0 aliphatic carbocycles. The van der Waals surface area contributed by atoms with Gasteiger partial charge in [0, 0.05) is 25.7 Å². The lowest BCUT2D eigenvalue weighted by Gasteiger charge is -2.33. The lowest BCUT2D eigenvalue weighted by molar-refractivity contribution is -0.915. The molecule has 2 nitrogen and oxygen atoms in total. The van der Waals surface area contributed by atoms with Gasteiger partial charge in [0.2, 0.25) is 0 Å². The van der Waals surface area contributed by atoms with Gasteiger partial charge in [0.15, 0.2) is 0 Å². The summed E-state index contributed by atoms with van der Waals surface area (Å²) in [7, 11) is 0. The number of hydrogen-bond donors (Lipinski definition) is 0. The van der Waals surface area contributed by atoms with Gasteiger partial charge in [0.05, 0.1) is 52.4 Å². The average molecular weight is 311 g/mol. The summed E-state index contributed by atoms with van der Waals surface area (Å²) in [6.07, 6.45) is 14.8. The Labute approximate surface area is 140 Å². The van der Waals surface area contributed by atoms with Crippen LogP contribution in [0.4, 0.5) is 0 Å². The van der Waals surface area contributed by atoms with Crippen molar-refractivity contribution in [2.24, 2.45) is 0 Å². The normalized spacial score (nSPS) is 23.2. The lowest BCUT2D eigenvalue weighted by Crippen LogP contribution is -2.45. The molecule has 0 atom stereocenters. The molecule has 0 aromatic heterocycles. The molecule has 130 valence electrons. The van der Waals surface area contributed by atoms with Crippen LogP contribution >= 0.6 is 0 Å². The minimum atomic E-state index is 1.37. The number of hydrogen-bond acceptors (Lipinski definition) is 0.